The molecule has 0 atom stereocenters. The van der Waals surface area contributed by atoms with Crippen LogP contribution >= 0.6 is 0 Å². The maximum Gasteiger partial charge on any atom is 2.00 e. The van der Waals surface area contributed by atoms with Crippen molar-refractivity contribution < 1.29 is 28.8 Å². The third kappa shape index (κ3) is 264. The molecule has 44 valence electrons. The minimum atomic E-state index is -1.83. The predicted molar refractivity (Wildman–Crippen MR) is 25.9 cm³/mol. The summed E-state index contributed by atoms with van der Waals surface area (Å²) in [6.45, 7) is 0. The molecule has 0 amide bonds. The summed E-state index contributed by atoms with van der Waals surface area (Å²) in [5, 5.41) is 13.9. The molecule has 0 rings (SSSR count). The van der Waals surface area contributed by atoms with Crippen molar-refractivity contribution in [3.63, 3.8) is 0 Å². The molecule has 5 nitrogen and oxygen atoms in total. The first kappa shape index (κ1) is 25.1. The topological polar surface area (TPSA) is 121 Å². The van der Waals surface area contributed by atoms with Crippen LogP contribution < -0.4 is 0 Å². The molecule has 0 aromatic carbocycles. The summed E-state index contributed by atoms with van der Waals surface area (Å²) < 4.78 is 0. The predicted octanol–water partition coefficient (Wildman–Crippen LogP) is -1.58. The van der Waals surface area contributed by atoms with E-state index in [1.165, 1.54) is 0 Å². The molecule has 0 radical (unpaired) electrons. The van der Waals surface area contributed by atoms with Gasteiger partial charge in [-0.15, -0.1) is 0 Å². The summed E-state index contributed by atoms with van der Waals surface area (Å²) in [6.07, 6.45) is -1.83. The molecule has 0 fully saturated rings. The van der Waals surface area contributed by atoms with Crippen LogP contribution in [0.4, 0.5) is 4.79 Å². The van der Waals surface area contributed by atoms with Gasteiger partial charge < -0.3 is 24.0 Å². The molecule has 6 N–H and O–H groups in total. The first-order chi connectivity index (χ1) is 1.73. The molecule has 0 heterocycles. The molecule has 0 aliphatic heterocycles. The summed E-state index contributed by atoms with van der Waals surface area (Å²) in [6, 6.07) is 0. The largest absolute Gasteiger partial charge is 2.00 e. The molecule has 0 aromatic heterocycles. The molecule has 0 aromatic rings. The van der Waals surface area contributed by atoms with Crippen LogP contribution in [0.1, 0.15) is 2.85 Å². The minimum Gasteiger partial charge on any atom is -1.00 e. The van der Waals surface area contributed by atoms with Crippen LogP contribution in [-0.4, -0.2) is 76.2 Å². The standard InChI is InChI=1S/CH2O3.Ba.2H2O.2H/c2-1(3)4;;;;;/h(H2,2,3,4);;2*1H2;;/q;+2;;;2*-1. The van der Waals surface area contributed by atoms with E-state index in [0.717, 1.165) is 0 Å². The molecular formula is CH8BaO5. The summed E-state index contributed by atoms with van der Waals surface area (Å²) in [4.78, 5) is 8.56. The molecule has 0 spiro atoms. The van der Waals surface area contributed by atoms with Crippen LogP contribution in [0.25, 0.3) is 0 Å². The van der Waals surface area contributed by atoms with Crippen molar-refractivity contribution in [3.05, 3.63) is 0 Å². The van der Waals surface area contributed by atoms with E-state index in [1.807, 2.05) is 0 Å². The zero-order chi connectivity index (χ0) is 3.58. The Morgan fingerprint density at radius 3 is 1.29 bits per heavy atom. The van der Waals surface area contributed by atoms with Crippen LogP contribution in [0.15, 0.2) is 0 Å². The van der Waals surface area contributed by atoms with Gasteiger partial charge in [0.15, 0.2) is 0 Å². The van der Waals surface area contributed by atoms with E-state index in [0.29, 0.717) is 0 Å². The van der Waals surface area contributed by atoms with E-state index in [4.69, 9.17) is 15.0 Å². The molecule has 7 heavy (non-hydrogen) atoms. The minimum absolute atomic E-state index is 0. The Morgan fingerprint density at radius 1 is 1.29 bits per heavy atom. The Balaban J connectivity index is -0.00000000450. The number of carbonyl (C=O) groups is 1. The van der Waals surface area contributed by atoms with Gasteiger partial charge in [0.05, 0.1) is 0 Å². The van der Waals surface area contributed by atoms with Gasteiger partial charge in [-0.3, -0.25) is 0 Å². The third-order valence-electron chi connectivity index (χ3n) is 0. The van der Waals surface area contributed by atoms with Gasteiger partial charge >= 0.3 is 55.0 Å². The Kier molecular flexibility index (Phi) is 56.8. The molecule has 0 saturated carbocycles. The normalized spacial score (nSPS) is 3.43. The monoisotopic (exact) mass is 238 g/mol. The second-order valence-corrected chi connectivity index (χ2v) is 0.283. The number of carboxylic acid groups (broad SMARTS) is 2. The SMILES string of the molecule is O.O.O=C(O)O.[Ba+2].[H-].[H-]. The fourth-order valence-electron chi connectivity index (χ4n) is 0. The third-order valence-corrected chi connectivity index (χ3v) is 0. The maximum absolute atomic E-state index is 8.56. The summed E-state index contributed by atoms with van der Waals surface area (Å²) in [5.41, 5.74) is 0. The van der Waals surface area contributed by atoms with Crippen molar-refractivity contribution in [1.29, 1.82) is 0 Å². The van der Waals surface area contributed by atoms with Gasteiger partial charge in [0.1, 0.15) is 0 Å². The first-order valence-electron chi connectivity index (χ1n) is 0.651. The molecule has 0 aliphatic rings. The Labute approximate surface area is 83.0 Å². The van der Waals surface area contributed by atoms with Gasteiger partial charge in [-0.05, 0) is 0 Å². The average Bonchev–Trinajstić information content (AvgIpc) is 0.811. The van der Waals surface area contributed by atoms with Crippen LogP contribution in [0.3, 0.4) is 0 Å². The van der Waals surface area contributed by atoms with Crippen molar-refractivity contribution in [2.75, 3.05) is 0 Å². The van der Waals surface area contributed by atoms with Crippen molar-refractivity contribution >= 4 is 55.0 Å². The second-order valence-electron chi connectivity index (χ2n) is 0.283. The van der Waals surface area contributed by atoms with E-state index in [9.17, 15) is 0 Å². The smallest absolute Gasteiger partial charge is 1.00 e. The van der Waals surface area contributed by atoms with Crippen molar-refractivity contribution in [2.24, 2.45) is 0 Å². The molecule has 0 aliphatic carbocycles. The van der Waals surface area contributed by atoms with Crippen molar-refractivity contribution in [2.45, 2.75) is 0 Å². The second kappa shape index (κ2) is 15.9. The van der Waals surface area contributed by atoms with E-state index >= 15 is 0 Å². The Morgan fingerprint density at radius 2 is 1.29 bits per heavy atom. The summed E-state index contributed by atoms with van der Waals surface area (Å²) >= 11 is 0. The fourth-order valence-corrected chi connectivity index (χ4v) is 0. The summed E-state index contributed by atoms with van der Waals surface area (Å²) in [5.74, 6) is 0. The summed E-state index contributed by atoms with van der Waals surface area (Å²) in [7, 11) is 0. The van der Waals surface area contributed by atoms with Crippen LogP contribution in [-0.2, 0) is 0 Å². The number of hydrogen-bond donors (Lipinski definition) is 2. The van der Waals surface area contributed by atoms with Gasteiger partial charge in [-0.1, -0.05) is 0 Å². The Bertz CT molecular complexity index is 37.9. The molecule has 0 unspecified atom stereocenters. The van der Waals surface area contributed by atoms with Crippen LogP contribution in [0.2, 0.25) is 0 Å². The quantitative estimate of drug-likeness (QED) is 0.494. The number of rotatable bonds is 0. The van der Waals surface area contributed by atoms with E-state index < -0.39 is 6.16 Å². The van der Waals surface area contributed by atoms with Gasteiger partial charge in [0.25, 0.3) is 0 Å². The number of hydrogen-bond acceptors (Lipinski definition) is 1. The van der Waals surface area contributed by atoms with Crippen molar-refractivity contribution in [3.8, 4) is 0 Å². The van der Waals surface area contributed by atoms with Crippen LogP contribution in [0, 0.1) is 0 Å². The van der Waals surface area contributed by atoms with Gasteiger partial charge in [0.2, 0.25) is 0 Å². The van der Waals surface area contributed by atoms with Gasteiger partial charge in [-0.2, -0.15) is 0 Å². The molecule has 6 heteroatoms. The fraction of sp³-hybridized carbons (Fsp3) is 0. The maximum atomic E-state index is 8.56. The molecule has 0 saturated heterocycles. The van der Waals surface area contributed by atoms with E-state index in [2.05, 4.69) is 0 Å². The molecular weight excluding hydrogens is 229 g/mol. The van der Waals surface area contributed by atoms with Crippen molar-refractivity contribution in [1.82, 2.24) is 0 Å². The van der Waals surface area contributed by atoms with Crippen LogP contribution in [0.5, 0.6) is 0 Å². The first-order valence-corrected chi connectivity index (χ1v) is 0.651. The zero-order valence-electron chi connectivity index (χ0n) is 5.51. The van der Waals surface area contributed by atoms with E-state index in [-0.39, 0.29) is 62.7 Å². The molecule has 0 bridgehead atoms. The average molecular weight is 237 g/mol. The Hall–Kier alpha value is 0.761. The van der Waals surface area contributed by atoms with Gasteiger partial charge in [0, 0.05) is 0 Å². The zero-order valence-corrected chi connectivity index (χ0v) is 7.95. The van der Waals surface area contributed by atoms with E-state index in [1.54, 1.807) is 0 Å². The van der Waals surface area contributed by atoms with Gasteiger partial charge in [-0.25, -0.2) is 4.79 Å².